The number of imidazole rings is 1. The van der Waals surface area contributed by atoms with Gasteiger partial charge in [-0.05, 0) is 44.9 Å². The molecule has 138 valence electrons. The smallest absolute Gasteiger partial charge is 0.115 e. The van der Waals surface area contributed by atoms with Crippen LogP contribution < -0.4 is 0 Å². The van der Waals surface area contributed by atoms with Gasteiger partial charge >= 0.3 is 0 Å². The summed E-state index contributed by atoms with van der Waals surface area (Å²) < 4.78 is 7.78. The third-order valence-electron chi connectivity index (χ3n) is 5.10. The van der Waals surface area contributed by atoms with E-state index in [1.54, 1.807) is 7.11 Å². The lowest BCUT2D eigenvalue weighted by Crippen LogP contribution is -2.16. The fraction of sp³-hybridized carbons (Fsp3) is 0.476. The van der Waals surface area contributed by atoms with Crippen molar-refractivity contribution in [3.05, 3.63) is 41.1 Å². The van der Waals surface area contributed by atoms with Crippen LogP contribution in [0.2, 0.25) is 0 Å². The lowest BCUT2D eigenvalue weighted by Gasteiger charge is -2.19. The van der Waals surface area contributed by atoms with Crippen LogP contribution in [0, 0.1) is 20.8 Å². The number of aryl methyl sites for hydroxylation is 4. The minimum atomic E-state index is 0.272. The van der Waals surface area contributed by atoms with Gasteiger partial charge < -0.3 is 9.30 Å². The van der Waals surface area contributed by atoms with Crippen LogP contribution in [0.25, 0.3) is 22.3 Å². The first-order valence-corrected chi connectivity index (χ1v) is 9.31. The van der Waals surface area contributed by atoms with Crippen LogP contribution in [0.15, 0.2) is 18.3 Å². The van der Waals surface area contributed by atoms with Crippen LogP contribution in [0.1, 0.15) is 49.1 Å². The molecule has 0 aliphatic heterocycles. The van der Waals surface area contributed by atoms with Gasteiger partial charge in [0.05, 0.1) is 23.9 Å². The highest BCUT2D eigenvalue weighted by Crippen LogP contribution is 2.32. The van der Waals surface area contributed by atoms with E-state index < -0.39 is 0 Å². The van der Waals surface area contributed by atoms with Gasteiger partial charge in [0, 0.05) is 36.7 Å². The maximum Gasteiger partial charge on any atom is 0.115 e. The van der Waals surface area contributed by atoms with E-state index in [0.717, 1.165) is 52.3 Å². The number of methoxy groups -OCH3 is 1. The normalized spacial score (nSPS) is 12.7. The largest absolute Gasteiger partial charge is 0.383 e. The van der Waals surface area contributed by atoms with E-state index in [9.17, 15) is 0 Å². The first-order chi connectivity index (χ1) is 12.5. The molecule has 0 spiro atoms. The maximum absolute atomic E-state index is 5.46. The van der Waals surface area contributed by atoms with Crippen molar-refractivity contribution in [2.24, 2.45) is 0 Å². The Balaban J connectivity index is 2.27. The third kappa shape index (κ3) is 3.12. The zero-order valence-corrected chi connectivity index (χ0v) is 16.6. The molecule has 0 amide bonds. The number of nitrogens with zero attached hydrogens (tertiary/aromatic N) is 4. The fourth-order valence-electron chi connectivity index (χ4n) is 3.56. The van der Waals surface area contributed by atoms with E-state index in [2.05, 4.69) is 42.5 Å². The van der Waals surface area contributed by atoms with Gasteiger partial charge in [0.2, 0.25) is 0 Å². The van der Waals surface area contributed by atoms with E-state index in [0.29, 0.717) is 6.61 Å². The van der Waals surface area contributed by atoms with Crippen molar-refractivity contribution in [3.8, 4) is 11.3 Å². The Morgan fingerprint density at radius 1 is 1.12 bits per heavy atom. The summed E-state index contributed by atoms with van der Waals surface area (Å²) in [5.41, 5.74) is 7.27. The summed E-state index contributed by atoms with van der Waals surface area (Å²) in [4.78, 5) is 14.3. The average Bonchev–Trinajstić information content (AvgIpc) is 3.01. The van der Waals surface area contributed by atoms with E-state index in [1.807, 2.05) is 20.0 Å². The number of fused-ring (bicyclic) bond motifs is 1. The van der Waals surface area contributed by atoms with Crippen molar-refractivity contribution in [1.82, 2.24) is 19.5 Å². The molecule has 0 aliphatic rings. The zero-order chi connectivity index (χ0) is 18.8. The Bertz CT molecular complexity index is 929. The highest BCUT2D eigenvalue weighted by atomic mass is 16.5. The number of aromatic nitrogens is 4. The number of ether oxygens (including phenoxy) is 1. The Labute approximate surface area is 155 Å². The van der Waals surface area contributed by atoms with Crippen molar-refractivity contribution in [1.29, 1.82) is 0 Å². The molecular weight excluding hydrogens is 324 g/mol. The Kier molecular flexibility index (Phi) is 5.37. The van der Waals surface area contributed by atoms with E-state index >= 15 is 0 Å². The minimum Gasteiger partial charge on any atom is -0.383 e. The Hall–Kier alpha value is -2.27. The summed E-state index contributed by atoms with van der Waals surface area (Å²) >= 11 is 0. The molecule has 0 N–H and O–H groups in total. The highest BCUT2D eigenvalue weighted by molar-refractivity contribution is 5.90. The topological polar surface area (TPSA) is 52.8 Å². The number of hydrogen-bond donors (Lipinski definition) is 0. The predicted octanol–water partition coefficient (Wildman–Crippen LogP) is 4.58. The second-order valence-electron chi connectivity index (χ2n) is 6.82. The van der Waals surface area contributed by atoms with Gasteiger partial charge in [-0.15, -0.1) is 0 Å². The maximum atomic E-state index is 5.46. The van der Waals surface area contributed by atoms with Crippen molar-refractivity contribution >= 4 is 11.0 Å². The fourth-order valence-corrected chi connectivity index (χ4v) is 3.56. The van der Waals surface area contributed by atoms with Crippen LogP contribution in [0.3, 0.4) is 0 Å². The van der Waals surface area contributed by atoms with E-state index in [4.69, 9.17) is 14.7 Å². The minimum absolute atomic E-state index is 0.272. The molecule has 0 fully saturated rings. The monoisotopic (exact) mass is 352 g/mol. The second-order valence-corrected chi connectivity index (χ2v) is 6.82. The number of hydrogen-bond acceptors (Lipinski definition) is 4. The second kappa shape index (κ2) is 7.54. The average molecular weight is 352 g/mol. The van der Waals surface area contributed by atoms with Crippen LogP contribution in [-0.4, -0.2) is 33.2 Å². The number of rotatable bonds is 6. The summed E-state index contributed by atoms with van der Waals surface area (Å²) in [6.07, 6.45) is 3.75. The van der Waals surface area contributed by atoms with Gasteiger partial charge in [0.15, 0.2) is 0 Å². The summed E-state index contributed by atoms with van der Waals surface area (Å²) in [5, 5.41) is 0. The van der Waals surface area contributed by atoms with Gasteiger partial charge in [-0.25, -0.2) is 4.98 Å². The summed E-state index contributed by atoms with van der Waals surface area (Å²) in [6.45, 7) is 11.2. The van der Waals surface area contributed by atoms with Crippen LogP contribution in [0.5, 0.6) is 0 Å². The third-order valence-corrected chi connectivity index (χ3v) is 5.10. The molecule has 3 aromatic rings. The molecule has 5 nitrogen and oxygen atoms in total. The molecule has 0 aliphatic carbocycles. The highest BCUT2D eigenvalue weighted by Gasteiger charge is 2.21. The lowest BCUT2D eigenvalue weighted by atomic mass is 10.0. The van der Waals surface area contributed by atoms with Gasteiger partial charge in [0.1, 0.15) is 11.3 Å². The molecular formula is C21H28N4O. The molecule has 1 unspecified atom stereocenters. The predicted molar refractivity (Wildman–Crippen MR) is 106 cm³/mol. The van der Waals surface area contributed by atoms with Crippen LogP contribution >= 0.6 is 0 Å². The van der Waals surface area contributed by atoms with Gasteiger partial charge in [-0.1, -0.05) is 13.8 Å². The quantitative estimate of drug-likeness (QED) is 0.652. The molecule has 3 rings (SSSR count). The molecule has 0 saturated carbocycles. The molecule has 1 atom stereocenters. The van der Waals surface area contributed by atoms with Crippen molar-refractivity contribution in [3.63, 3.8) is 0 Å². The Morgan fingerprint density at radius 3 is 2.54 bits per heavy atom. The van der Waals surface area contributed by atoms with Crippen molar-refractivity contribution in [2.45, 2.75) is 53.5 Å². The molecule has 3 aromatic heterocycles. The molecule has 3 heterocycles. The lowest BCUT2D eigenvalue weighted by molar-refractivity contribution is 0.153. The molecule has 5 heteroatoms. The summed E-state index contributed by atoms with van der Waals surface area (Å²) in [7, 11) is 1.75. The molecule has 26 heavy (non-hydrogen) atoms. The molecule has 0 aromatic carbocycles. The standard InChI is InChI=1S/C21H28N4O/c1-7-16(12-26-6)25-18-9-10-22-20(21(18)24-19(25)8-2)17-11-13(3)14(4)23-15(17)5/h9-11,16H,7-8,12H2,1-6H3. The molecule has 0 radical (unpaired) electrons. The van der Waals surface area contributed by atoms with Crippen LogP contribution in [-0.2, 0) is 11.2 Å². The van der Waals surface area contributed by atoms with Crippen LogP contribution in [0.4, 0.5) is 0 Å². The van der Waals surface area contributed by atoms with Crippen molar-refractivity contribution < 1.29 is 4.74 Å². The van der Waals surface area contributed by atoms with E-state index in [1.165, 1.54) is 5.56 Å². The first kappa shape index (κ1) is 18.5. The van der Waals surface area contributed by atoms with Gasteiger partial charge in [-0.3, -0.25) is 9.97 Å². The number of pyridine rings is 2. The van der Waals surface area contributed by atoms with E-state index in [-0.39, 0.29) is 6.04 Å². The SMILES string of the molecule is CCc1nc2c(-c3cc(C)c(C)nc3C)nccc2n1C(CC)COC. The Morgan fingerprint density at radius 2 is 1.88 bits per heavy atom. The first-order valence-electron chi connectivity index (χ1n) is 9.31. The summed E-state index contributed by atoms with van der Waals surface area (Å²) in [6, 6.07) is 4.51. The molecule has 0 bridgehead atoms. The molecule has 0 saturated heterocycles. The van der Waals surface area contributed by atoms with Gasteiger partial charge in [-0.2, -0.15) is 0 Å². The summed E-state index contributed by atoms with van der Waals surface area (Å²) in [5.74, 6) is 1.08. The zero-order valence-electron chi connectivity index (χ0n) is 16.6. The van der Waals surface area contributed by atoms with Crippen molar-refractivity contribution in [2.75, 3.05) is 13.7 Å². The van der Waals surface area contributed by atoms with Gasteiger partial charge in [0.25, 0.3) is 0 Å².